The maximum Gasteiger partial charge on any atom is 0.475 e. The molecule has 2 fully saturated rings. The summed E-state index contributed by atoms with van der Waals surface area (Å²) >= 11 is 0. The fourth-order valence-electron chi connectivity index (χ4n) is 3.43. The van der Waals surface area contributed by atoms with E-state index in [1.165, 1.54) is 13.1 Å². The van der Waals surface area contributed by atoms with Gasteiger partial charge >= 0.3 is 19.5 Å². The van der Waals surface area contributed by atoms with Gasteiger partial charge in [0.2, 0.25) is 0 Å². The molecule has 1 aromatic rings. The molecule has 0 radical (unpaired) electrons. The highest BCUT2D eigenvalue weighted by Crippen LogP contribution is 2.58. The van der Waals surface area contributed by atoms with Crippen molar-refractivity contribution in [2.75, 3.05) is 13.2 Å². The topological polar surface area (TPSA) is 135 Å². The summed E-state index contributed by atoms with van der Waals surface area (Å²) in [6.07, 6.45) is -1.45. The zero-order chi connectivity index (χ0) is 23.0. The van der Waals surface area contributed by atoms with Crippen molar-refractivity contribution in [1.82, 2.24) is 9.55 Å². The molecule has 3 heterocycles. The summed E-state index contributed by atoms with van der Waals surface area (Å²) in [7, 11) is -4.01. The van der Waals surface area contributed by atoms with Crippen LogP contribution in [-0.2, 0) is 32.4 Å². The molecule has 2 aliphatic heterocycles. The van der Waals surface area contributed by atoms with E-state index < -0.39 is 43.5 Å². The second-order valence-electron chi connectivity index (χ2n) is 8.29. The van der Waals surface area contributed by atoms with Crippen LogP contribution in [0.5, 0.6) is 0 Å². The van der Waals surface area contributed by atoms with Gasteiger partial charge in [0.05, 0.1) is 25.2 Å². The lowest BCUT2D eigenvalue weighted by atomic mass is 9.96. The Labute approximate surface area is 180 Å². The van der Waals surface area contributed by atoms with Crippen LogP contribution in [0.25, 0.3) is 0 Å². The third-order valence-electron chi connectivity index (χ3n) is 5.13. The number of carbonyl (C=O) groups excluding carboxylic acids is 1. The third-order valence-corrected chi connectivity index (χ3v) is 6.58. The highest BCUT2D eigenvalue weighted by molar-refractivity contribution is 7.48. The maximum atomic E-state index is 12.9. The molecule has 0 aromatic carbocycles. The van der Waals surface area contributed by atoms with Crippen LogP contribution in [0.2, 0.25) is 0 Å². The van der Waals surface area contributed by atoms with Gasteiger partial charge in [-0.05, 0) is 40.2 Å². The van der Waals surface area contributed by atoms with E-state index in [1.54, 1.807) is 33.8 Å². The Morgan fingerprint density at radius 2 is 2.16 bits per heavy atom. The van der Waals surface area contributed by atoms with Crippen LogP contribution in [0.15, 0.2) is 17.1 Å². The average Bonchev–Trinajstić information content (AvgIpc) is 2.91. The predicted molar refractivity (Wildman–Crippen MR) is 107 cm³/mol. The standard InChI is InChI=1S/C19H29N2O9P/c1-11(2)28-16(22)12(3)7-9-26-31(25)27-10-14-15(30-31)19(5,24)17(29-14)21-8-6-13(4)20-18(21)23/h6,8,11-12,14-15,17,24H,7,9-10H2,1-5H3/t12?,14-,15-,17-,19-,31-/m1/s1. The van der Waals surface area contributed by atoms with Gasteiger partial charge in [0, 0.05) is 11.9 Å². The molecule has 0 amide bonds. The predicted octanol–water partition coefficient (Wildman–Crippen LogP) is 1.72. The fraction of sp³-hybridized carbons (Fsp3) is 0.737. The molecule has 6 atom stereocenters. The number of phosphoric ester groups is 1. The van der Waals surface area contributed by atoms with Gasteiger partial charge in [-0.2, -0.15) is 4.98 Å². The number of rotatable bonds is 7. The molecule has 1 aromatic heterocycles. The molecular formula is C19H29N2O9P. The molecule has 0 spiro atoms. The van der Waals surface area contributed by atoms with E-state index in [1.807, 2.05) is 0 Å². The van der Waals surface area contributed by atoms with Crippen molar-refractivity contribution >= 4 is 13.8 Å². The van der Waals surface area contributed by atoms with Gasteiger partial charge in [0.25, 0.3) is 0 Å². The number of carbonyl (C=O) groups is 1. The van der Waals surface area contributed by atoms with E-state index in [-0.39, 0.29) is 31.7 Å². The van der Waals surface area contributed by atoms with Gasteiger partial charge in [-0.3, -0.25) is 22.9 Å². The van der Waals surface area contributed by atoms with Crippen LogP contribution in [0.3, 0.4) is 0 Å². The van der Waals surface area contributed by atoms with Crippen LogP contribution in [0.1, 0.15) is 46.0 Å². The van der Waals surface area contributed by atoms with E-state index in [0.29, 0.717) is 5.69 Å². The highest BCUT2D eigenvalue weighted by Gasteiger charge is 2.60. The Balaban J connectivity index is 1.64. The molecule has 2 saturated heterocycles. The van der Waals surface area contributed by atoms with Crippen LogP contribution < -0.4 is 5.69 Å². The second kappa shape index (κ2) is 9.09. The van der Waals surface area contributed by atoms with Crippen LogP contribution >= 0.6 is 7.82 Å². The molecule has 2 aliphatic rings. The third kappa shape index (κ3) is 5.24. The quantitative estimate of drug-likeness (QED) is 0.473. The first-order valence-corrected chi connectivity index (χ1v) is 11.6. The highest BCUT2D eigenvalue weighted by atomic mass is 31.2. The zero-order valence-corrected chi connectivity index (χ0v) is 19.1. The number of hydrogen-bond acceptors (Lipinski definition) is 10. The van der Waals surface area contributed by atoms with E-state index in [0.717, 1.165) is 4.57 Å². The van der Waals surface area contributed by atoms with Crippen molar-refractivity contribution in [3.05, 3.63) is 28.4 Å². The minimum absolute atomic E-state index is 0.0726. The fourth-order valence-corrected chi connectivity index (χ4v) is 4.91. The van der Waals surface area contributed by atoms with Gasteiger partial charge in [0.15, 0.2) is 6.23 Å². The number of nitrogens with zero attached hydrogens (tertiary/aromatic N) is 2. The Bertz CT molecular complexity index is 916. The number of hydrogen-bond donors (Lipinski definition) is 1. The first-order valence-electron chi connectivity index (χ1n) is 10.1. The minimum atomic E-state index is -4.01. The summed E-state index contributed by atoms with van der Waals surface area (Å²) in [4.78, 5) is 28.0. The van der Waals surface area contributed by atoms with Gasteiger partial charge in [-0.15, -0.1) is 0 Å². The lowest BCUT2D eigenvalue weighted by molar-refractivity contribution is -0.152. The number of aromatic nitrogens is 2. The molecule has 0 saturated carbocycles. The smallest absolute Gasteiger partial charge is 0.463 e. The van der Waals surface area contributed by atoms with Crippen LogP contribution in [0.4, 0.5) is 0 Å². The summed E-state index contributed by atoms with van der Waals surface area (Å²) in [6, 6.07) is 1.61. The molecule has 12 heteroatoms. The molecule has 0 aliphatic carbocycles. The molecule has 174 valence electrons. The van der Waals surface area contributed by atoms with E-state index in [9.17, 15) is 19.3 Å². The van der Waals surface area contributed by atoms with Crippen LogP contribution in [0, 0.1) is 12.8 Å². The normalized spacial score (nSPS) is 33.8. The van der Waals surface area contributed by atoms with Gasteiger partial charge in [-0.1, -0.05) is 6.92 Å². The largest absolute Gasteiger partial charge is 0.475 e. The number of esters is 1. The summed E-state index contributed by atoms with van der Waals surface area (Å²) in [5, 5.41) is 11.1. The average molecular weight is 460 g/mol. The molecule has 1 unspecified atom stereocenters. The monoisotopic (exact) mass is 460 g/mol. The molecule has 11 nitrogen and oxygen atoms in total. The van der Waals surface area contributed by atoms with Crippen molar-refractivity contribution in [1.29, 1.82) is 0 Å². The van der Waals surface area contributed by atoms with Crippen molar-refractivity contribution in [3.8, 4) is 0 Å². The summed E-state index contributed by atoms with van der Waals surface area (Å²) in [5.41, 5.74) is -1.77. The number of ether oxygens (including phenoxy) is 2. The van der Waals surface area contributed by atoms with Crippen molar-refractivity contribution in [3.63, 3.8) is 0 Å². The van der Waals surface area contributed by atoms with E-state index >= 15 is 0 Å². The lowest BCUT2D eigenvalue weighted by Gasteiger charge is -2.35. The Hall–Kier alpha value is -1.62. The molecular weight excluding hydrogens is 431 g/mol. The zero-order valence-electron chi connectivity index (χ0n) is 18.2. The van der Waals surface area contributed by atoms with Gasteiger partial charge < -0.3 is 14.6 Å². The van der Waals surface area contributed by atoms with Crippen molar-refractivity contribution in [2.45, 2.75) is 71.2 Å². The van der Waals surface area contributed by atoms with Crippen molar-refractivity contribution < 1.29 is 37.5 Å². The second-order valence-corrected chi connectivity index (χ2v) is 9.91. The Kier molecular flexibility index (Phi) is 7.05. The molecule has 0 bridgehead atoms. The molecule has 3 rings (SSSR count). The Morgan fingerprint density at radius 3 is 2.81 bits per heavy atom. The minimum Gasteiger partial charge on any atom is -0.463 e. The van der Waals surface area contributed by atoms with E-state index in [4.69, 9.17) is 23.0 Å². The van der Waals surface area contributed by atoms with Crippen molar-refractivity contribution in [2.24, 2.45) is 5.92 Å². The number of fused-ring (bicyclic) bond motifs is 1. The number of aryl methyl sites for hydroxylation is 1. The van der Waals surface area contributed by atoms with Gasteiger partial charge in [-0.25, -0.2) is 9.36 Å². The molecule has 1 N–H and O–H groups in total. The summed E-state index contributed by atoms with van der Waals surface area (Å²) in [5.74, 6) is -0.843. The summed E-state index contributed by atoms with van der Waals surface area (Å²) in [6.45, 7) is 8.05. The molecule has 31 heavy (non-hydrogen) atoms. The van der Waals surface area contributed by atoms with Crippen LogP contribution in [-0.4, -0.2) is 57.8 Å². The maximum absolute atomic E-state index is 12.9. The Morgan fingerprint density at radius 1 is 1.45 bits per heavy atom. The number of phosphoric acid groups is 1. The van der Waals surface area contributed by atoms with E-state index in [2.05, 4.69) is 4.98 Å². The first-order chi connectivity index (χ1) is 14.4. The first kappa shape index (κ1) is 24.0. The number of aliphatic hydroxyl groups is 1. The SMILES string of the molecule is Cc1ccn([C@@H]2O[C@@H]3CO[P@@](=O)(OCCC(C)C(=O)OC(C)C)O[C@H]3[C@@]2(C)O)c(=O)n1. The lowest BCUT2D eigenvalue weighted by Crippen LogP contribution is -2.49. The summed E-state index contributed by atoms with van der Waals surface area (Å²) < 4.78 is 41.1. The van der Waals surface area contributed by atoms with Gasteiger partial charge in [0.1, 0.15) is 17.8 Å².